The van der Waals surface area contributed by atoms with Crippen molar-refractivity contribution >= 4 is 28.9 Å². The highest BCUT2D eigenvalue weighted by atomic mass is 32.1. The Balaban J connectivity index is 1.49. The van der Waals surface area contributed by atoms with E-state index in [-0.39, 0.29) is 18.3 Å². The van der Waals surface area contributed by atoms with Gasteiger partial charge < -0.3 is 9.64 Å². The smallest absolute Gasteiger partial charge is 0.337 e. The van der Waals surface area contributed by atoms with Gasteiger partial charge in [0.05, 0.1) is 24.8 Å². The Morgan fingerprint density at radius 1 is 1.19 bits per heavy atom. The van der Waals surface area contributed by atoms with E-state index in [9.17, 15) is 9.59 Å². The summed E-state index contributed by atoms with van der Waals surface area (Å²) in [4.78, 5) is 30.9. The van der Waals surface area contributed by atoms with Crippen LogP contribution in [-0.4, -0.2) is 30.5 Å². The van der Waals surface area contributed by atoms with Crippen LogP contribution in [0.5, 0.6) is 0 Å². The van der Waals surface area contributed by atoms with Crippen molar-refractivity contribution in [3.8, 4) is 10.6 Å². The van der Waals surface area contributed by atoms with E-state index in [1.807, 2.05) is 47.8 Å². The summed E-state index contributed by atoms with van der Waals surface area (Å²) in [5, 5.41) is 2.86. The minimum Gasteiger partial charge on any atom is -0.465 e. The van der Waals surface area contributed by atoms with Crippen molar-refractivity contribution in [3.05, 3.63) is 70.7 Å². The van der Waals surface area contributed by atoms with E-state index in [2.05, 4.69) is 4.98 Å². The zero-order valence-corrected chi connectivity index (χ0v) is 15.7. The van der Waals surface area contributed by atoms with Gasteiger partial charge in [-0.15, -0.1) is 11.3 Å². The first-order valence-electron chi connectivity index (χ1n) is 8.67. The van der Waals surface area contributed by atoms with Crippen molar-refractivity contribution in [3.63, 3.8) is 0 Å². The summed E-state index contributed by atoms with van der Waals surface area (Å²) in [6, 6.07) is 15.3. The number of carbonyl (C=O) groups is 2. The molecule has 0 N–H and O–H groups in total. The number of thiazole rings is 1. The number of fused-ring (bicyclic) bond motifs is 1. The molecule has 1 aliphatic heterocycles. The Bertz CT molecular complexity index is 998. The number of nitrogens with zero attached hydrogens (tertiary/aromatic N) is 2. The minimum atomic E-state index is -0.363. The molecule has 6 heteroatoms. The Kier molecular flexibility index (Phi) is 4.73. The second kappa shape index (κ2) is 7.32. The lowest BCUT2D eigenvalue weighted by atomic mass is 10.1. The van der Waals surface area contributed by atoms with E-state index in [1.54, 1.807) is 22.3 Å². The number of methoxy groups -OCH3 is 1. The molecule has 27 heavy (non-hydrogen) atoms. The minimum absolute atomic E-state index is 0.0180. The second-order valence-electron chi connectivity index (χ2n) is 6.32. The number of rotatable bonds is 4. The molecule has 2 aromatic carbocycles. The van der Waals surface area contributed by atoms with Gasteiger partial charge >= 0.3 is 5.97 Å². The molecule has 0 fully saturated rings. The maximum Gasteiger partial charge on any atom is 0.337 e. The summed E-state index contributed by atoms with van der Waals surface area (Å²) in [5.41, 5.74) is 4.21. The number of hydrogen-bond acceptors (Lipinski definition) is 5. The summed E-state index contributed by atoms with van der Waals surface area (Å²) >= 11 is 1.55. The molecular weight excluding hydrogens is 360 g/mol. The van der Waals surface area contributed by atoms with Crippen molar-refractivity contribution < 1.29 is 14.3 Å². The topological polar surface area (TPSA) is 59.5 Å². The third-order valence-corrected chi connectivity index (χ3v) is 5.54. The Morgan fingerprint density at radius 2 is 2.00 bits per heavy atom. The lowest BCUT2D eigenvalue weighted by Gasteiger charge is -2.17. The number of hydrogen-bond donors (Lipinski definition) is 0. The Labute approximate surface area is 161 Å². The van der Waals surface area contributed by atoms with Gasteiger partial charge in [-0.3, -0.25) is 4.79 Å². The fourth-order valence-corrected chi connectivity index (χ4v) is 4.08. The molecule has 136 valence electrons. The first-order chi connectivity index (χ1) is 13.2. The fourth-order valence-electron chi connectivity index (χ4n) is 3.26. The standard InChI is InChI=1S/C21H18N2O3S/c1-26-21(25)16-7-8-18-15(11-16)9-10-23(18)19(24)12-17-13-27-20(22-17)14-5-3-2-4-6-14/h2-8,11,13H,9-10,12H2,1H3. The van der Waals surface area contributed by atoms with Crippen LogP contribution in [0.2, 0.25) is 0 Å². The van der Waals surface area contributed by atoms with E-state index in [0.29, 0.717) is 12.1 Å². The maximum absolute atomic E-state index is 12.8. The number of benzene rings is 2. The van der Waals surface area contributed by atoms with Gasteiger partial charge in [0.15, 0.2) is 0 Å². The number of anilines is 1. The monoisotopic (exact) mass is 378 g/mol. The van der Waals surface area contributed by atoms with Crippen LogP contribution >= 0.6 is 11.3 Å². The Morgan fingerprint density at radius 3 is 2.78 bits per heavy atom. The van der Waals surface area contributed by atoms with Gasteiger partial charge in [-0.2, -0.15) is 0 Å². The van der Waals surface area contributed by atoms with Gasteiger partial charge in [-0.25, -0.2) is 9.78 Å². The average molecular weight is 378 g/mol. The zero-order valence-electron chi connectivity index (χ0n) is 14.8. The van der Waals surface area contributed by atoms with Crippen LogP contribution < -0.4 is 4.90 Å². The molecular formula is C21H18N2O3S. The fraction of sp³-hybridized carbons (Fsp3) is 0.190. The number of aromatic nitrogens is 1. The molecule has 0 unspecified atom stereocenters. The molecule has 0 saturated heterocycles. The van der Waals surface area contributed by atoms with Crippen molar-refractivity contribution in [2.45, 2.75) is 12.8 Å². The average Bonchev–Trinajstić information content (AvgIpc) is 3.34. The summed E-state index contributed by atoms with van der Waals surface area (Å²) < 4.78 is 4.76. The summed E-state index contributed by atoms with van der Waals surface area (Å²) in [6.45, 7) is 0.620. The number of esters is 1. The van der Waals surface area contributed by atoms with Crippen LogP contribution in [0.15, 0.2) is 53.9 Å². The predicted molar refractivity (Wildman–Crippen MR) is 105 cm³/mol. The molecule has 4 rings (SSSR count). The maximum atomic E-state index is 12.8. The Hall–Kier alpha value is -2.99. The van der Waals surface area contributed by atoms with E-state index in [1.165, 1.54) is 7.11 Å². The first kappa shape index (κ1) is 17.4. The van der Waals surface area contributed by atoms with Gasteiger partial charge in [0, 0.05) is 23.2 Å². The summed E-state index contributed by atoms with van der Waals surface area (Å²) in [5.74, 6) is -0.344. The second-order valence-corrected chi connectivity index (χ2v) is 7.18. The summed E-state index contributed by atoms with van der Waals surface area (Å²) in [7, 11) is 1.36. The first-order valence-corrected chi connectivity index (χ1v) is 9.55. The lowest BCUT2D eigenvalue weighted by Crippen LogP contribution is -2.30. The molecule has 0 atom stereocenters. The van der Waals surface area contributed by atoms with Crippen LogP contribution in [0.25, 0.3) is 10.6 Å². The van der Waals surface area contributed by atoms with E-state index >= 15 is 0 Å². The van der Waals surface area contributed by atoms with Crippen LogP contribution in [0.3, 0.4) is 0 Å². The largest absolute Gasteiger partial charge is 0.465 e. The van der Waals surface area contributed by atoms with Crippen LogP contribution in [0.1, 0.15) is 21.6 Å². The molecule has 0 saturated carbocycles. The number of ether oxygens (including phenoxy) is 1. The molecule has 0 aliphatic carbocycles. The van der Waals surface area contributed by atoms with Crippen LogP contribution in [-0.2, 0) is 22.4 Å². The van der Waals surface area contributed by atoms with Gasteiger partial charge in [-0.05, 0) is 30.2 Å². The highest BCUT2D eigenvalue weighted by Crippen LogP contribution is 2.30. The quantitative estimate of drug-likeness (QED) is 0.649. The van der Waals surface area contributed by atoms with Gasteiger partial charge in [0.1, 0.15) is 5.01 Å². The molecule has 1 amide bonds. The molecule has 0 bridgehead atoms. The normalized spacial score (nSPS) is 12.7. The van der Waals surface area contributed by atoms with Crippen LogP contribution in [0, 0.1) is 0 Å². The molecule has 0 spiro atoms. The highest BCUT2D eigenvalue weighted by Gasteiger charge is 2.26. The molecule has 0 radical (unpaired) electrons. The zero-order chi connectivity index (χ0) is 18.8. The van der Waals surface area contributed by atoms with Crippen molar-refractivity contribution in [2.24, 2.45) is 0 Å². The SMILES string of the molecule is COC(=O)c1ccc2c(c1)CCN2C(=O)Cc1csc(-c2ccccc2)n1. The number of amides is 1. The molecule has 2 heterocycles. The molecule has 5 nitrogen and oxygen atoms in total. The third kappa shape index (κ3) is 3.48. The third-order valence-electron chi connectivity index (χ3n) is 4.60. The van der Waals surface area contributed by atoms with Crippen LogP contribution in [0.4, 0.5) is 5.69 Å². The van der Waals surface area contributed by atoms with Crippen molar-refractivity contribution in [1.29, 1.82) is 0 Å². The molecule has 3 aromatic rings. The van der Waals surface area contributed by atoms with Crippen molar-refractivity contribution in [1.82, 2.24) is 4.98 Å². The highest BCUT2D eigenvalue weighted by molar-refractivity contribution is 7.13. The van der Waals surface area contributed by atoms with Gasteiger partial charge in [0.25, 0.3) is 0 Å². The molecule has 1 aliphatic rings. The van der Waals surface area contributed by atoms with Crippen molar-refractivity contribution in [2.75, 3.05) is 18.6 Å². The van der Waals surface area contributed by atoms with E-state index in [0.717, 1.165) is 33.9 Å². The van der Waals surface area contributed by atoms with Gasteiger partial charge in [-0.1, -0.05) is 30.3 Å². The summed E-state index contributed by atoms with van der Waals surface area (Å²) in [6.07, 6.45) is 1.000. The molecule has 1 aromatic heterocycles. The van der Waals surface area contributed by atoms with Gasteiger partial charge in [0.2, 0.25) is 5.91 Å². The lowest BCUT2D eigenvalue weighted by molar-refractivity contribution is -0.117. The number of carbonyl (C=O) groups excluding carboxylic acids is 2. The predicted octanol–water partition coefficient (Wildman–Crippen LogP) is 3.73. The van der Waals surface area contributed by atoms with E-state index in [4.69, 9.17) is 4.74 Å². The van der Waals surface area contributed by atoms with E-state index < -0.39 is 0 Å².